The molecule has 2 aromatic heterocycles. The maximum Gasteiger partial charge on any atom is 0.274 e. The Hall–Kier alpha value is -2.34. The molecule has 0 bridgehead atoms. The number of hydrogen-bond donors (Lipinski definition) is 1. The van der Waals surface area contributed by atoms with Gasteiger partial charge in [-0.1, -0.05) is 6.07 Å². The molecule has 0 aromatic carbocycles. The van der Waals surface area contributed by atoms with Gasteiger partial charge in [0.1, 0.15) is 17.3 Å². The Bertz CT molecular complexity index is 704. The van der Waals surface area contributed by atoms with Crippen molar-refractivity contribution in [3.05, 3.63) is 46.9 Å². The molecule has 0 atom stereocenters. The first-order valence-electron chi connectivity index (χ1n) is 7.47. The van der Waals surface area contributed by atoms with E-state index in [-0.39, 0.29) is 5.56 Å². The van der Waals surface area contributed by atoms with E-state index >= 15 is 0 Å². The molecule has 0 unspecified atom stereocenters. The van der Waals surface area contributed by atoms with Gasteiger partial charge in [-0.25, -0.2) is 4.98 Å². The van der Waals surface area contributed by atoms with Gasteiger partial charge >= 0.3 is 0 Å². The standard InChI is InChI=1S/C16H21N5O/c1-19-9-11-21(12-10-19)15-7-3-6-14(18-15)17-13-5-4-8-20(2)16(13)22/h3-8H,9-12H2,1-2H3,(H,17,18). The Balaban J connectivity index is 1.79. The van der Waals surface area contributed by atoms with E-state index in [1.165, 1.54) is 0 Å². The van der Waals surface area contributed by atoms with Crippen LogP contribution in [0.1, 0.15) is 0 Å². The van der Waals surface area contributed by atoms with E-state index in [0.717, 1.165) is 32.0 Å². The van der Waals surface area contributed by atoms with Crippen molar-refractivity contribution < 1.29 is 0 Å². The normalized spacial score (nSPS) is 15.8. The minimum Gasteiger partial charge on any atom is -0.354 e. The maximum atomic E-state index is 12.1. The van der Waals surface area contributed by atoms with Crippen LogP contribution in [0.4, 0.5) is 17.3 Å². The van der Waals surface area contributed by atoms with E-state index in [0.29, 0.717) is 11.5 Å². The molecule has 6 heteroatoms. The average molecular weight is 299 g/mol. The molecule has 0 spiro atoms. The van der Waals surface area contributed by atoms with E-state index in [9.17, 15) is 4.79 Å². The second-order valence-electron chi connectivity index (χ2n) is 5.63. The summed E-state index contributed by atoms with van der Waals surface area (Å²) in [5.74, 6) is 1.64. The lowest BCUT2D eigenvalue weighted by Crippen LogP contribution is -2.44. The number of nitrogens with zero attached hydrogens (tertiary/aromatic N) is 4. The van der Waals surface area contributed by atoms with E-state index in [2.05, 4.69) is 27.1 Å². The van der Waals surface area contributed by atoms with Crippen LogP contribution in [0.2, 0.25) is 0 Å². The molecular weight excluding hydrogens is 278 g/mol. The van der Waals surface area contributed by atoms with Crippen LogP contribution < -0.4 is 15.8 Å². The number of aryl methyl sites for hydroxylation is 1. The maximum absolute atomic E-state index is 12.1. The first-order valence-corrected chi connectivity index (χ1v) is 7.47. The summed E-state index contributed by atoms with van der Waals surface area (Å²) < 4.78 is 1.55. The fourth-order valence-corrected chi connectivity index (χ4v) is 2.54. The number of anilines is 3. The predicted octanol–water partition coefficient (Wildman–Crippen LogP) is 1.28. The molecule has 1 N–H and O–H groups in total. The molecule has 1 saturated heterocycles. The van der Waals surface area contributed by atoms with Gasteiger partial charge in [-0.15, -0.1) is 0 Å². The Morgan fingerprint density at radius 3 is 2.59 bits per heavy atom. The summed E-state index contributed by atoms with van der Waals surface area (Å²) in [4.78, 5) is 21.3. The monoisotopic (exact) mass is 299 g/mol. The van der Waals surface area contributed by atoms with Crippen molar-refractivity contribution in [2.45, 2.75) is 0 Å². The van der Waals surface area contributed by atoms with Gasteiger partial charge in [0.25, 0.3) is 5.56 Å². The van der Waals surface area contributed by atoms with Gasteiger partial charge in [0, 0.05) is 39.4 Å². The first kappa shape index (κ1) is 14.6. The average Bonchev–Trinajstić information content (AvgIpc) is 2.53. The zero-order valence-corrected chi connectivity index (χ0v) is 13.0. The Morgan fingerprint density at radius 2 is 1.82 bits per heavy atom. The molecule has 116 valence electrons. The minimum absolute atomic E-state index is 0.0608. The topological polar surface area (TPSA) is 53.4 Å². The quantitative estimate of drug-likeness (QED) is 0.925. The van der Waals surface area contributed by atoms with Crippen molar-refractivity contribution in [3.8, 4) is 0 Å². The van der Waals surface area contributed by atoms with Crippen LogP contribution in [0.5, 0.6) is 0 Å². The second kappa shape index (κ2) is 6.19. The summed E-state index contributed by atoms with van der Waals surface area (Å²) in [6.07, 6.45) is 1.74. The summed E-state index contributed by atoms with van der Waals surface area (Å²) in [6.45, 7) is 4.03. The Labute approximate surface area is 130 Å². The zero-order chi connectivity index (χ0) is 15.5. The minimum atomic E-state index is -0.0608. The van der Waals surface area contributed by atoms with E-state index < -0.39 is 0 Å². The molecule has 22 heavy (non-hydrogen) atoms. The Morgan fingerprint density at radius 1 is 1.05 bits per heavy atom. The number of pyridine rings is 2. The number of rotatable bonds is 3. The van der Waals surface area contributed by atoms with Crippen molar-refractivity contribution in [2.75, 3.05) is 43.4 Å². The van der Waals surface area contributed by atoms with Gasteiger partial charge in [-0.05, 0) is 31.3 Å². The zero-order valence-electron chi connectivity index (χ0n) is 13.0. The summed E-state index contributed by atoms with van der Waals surface area (Å²) in [5, 5.41) is 3.12. The van der Waals surface area contributed by atoms with E-state index in [1.807, 2.05) is 24.3 Å². The molecule has 1 aliphatic heterocycles. The highest BCUT2D eigenvalue weighted by atomic mass is 16.1. The van der Waals surface area contributed by atoms with Crippen LogP contribution in [0.25, 0.3) is 0 Å². The molecule has 0 saturated carbocycles. The lowest BCUT2D eigenvalue weighted by atomic mass is 10.3. The van der Waals surface area contributed by atoms with Crippen LogP contribution in [0, 0.1) is 0 Å². The molecule has 0 amide bonds. The van der Waals surface area contributed by atoms with E-state index in [1.54, 1.807) is 23.9 Å². The van der Waals surface area contributed by atoms with E-state index in [4.69, 9.17) is 0 Å². The number of hydrogen-bond acceptors (Lipinski definition) is 5. The van der Waals surface area contributed by atoms with Crippen molar-refractivity contribution >= 4 is 17.3 Å². The molecule has 1 aliphatic rings. The number of piperazine rings is 1. The SMILES string of the molecule is CN1CCN(c2cccc(Nc3cccn(C)c3=O)n2)CC1. The van der Waals surface area contributed by atoms with Crippen molar-refractivity contribution in [1.29, 1.82) is 0 Å². The van der Waals surface area contributed by atoms with Crippen LogP contribution in [-0.2, 0) is 7.05 Å². The number of aromatic nitrogens is 2. The summed E-state index contributed by atoms with van der Waals surface area (Å²) in [5.41, 5.74) is 0.474. The van der Waals surface area contributed by atoms with Gasteiger partial charge in [-0.2, -0.15) is 0 Å². The molecule has 2 aromatic rings. The molecule has 3 heterocycles. The largest absolute Gasteiger partial charge is 0.354 e. The first-order chi connectivity index (χ1) is 10.6. The smallest absolute Gasteiger partial charge is 0.274 e. The number of likely N-dealkylation sites (N-methyl/N-ethyl adjacent to an activating group) is 1. The molecule has 0 aliphatic carbocycles. The van der Waals surface area contributed by atoms with Crippen LogP contribution >= 0.6 is 0 Å². The highest BCUT2D eigenvalue weighted by molar-refractivity contribution is 5.57. The highest BCUT2D eigenvalue weighted by Gasteiger charge is 2.15. The third-order valence-electron chi connectivity index (χ3n) is 3.95. The van der Waals surface area contributed by atoms with Crippen LogP contribution in [0.3, 0.4) is 0 Å². The molecule has 0 radical (unpaired) electrons. The Kier molecular flexibility index (Phi) is 4.11. The van der Waals surface area contributed by atoms with Gasteiger partial charge in [0.05, 0.1) is 0 Å². The molecular formula is C16H21N5O. The fraction of sp³-hybridized carbons (Fsp3) is 0.375. The van der Waals surface area contributed by atoms with Crippen molar-refractivity contribution in [1.82, 2.24) is 14.5 Å². The summed E-state index contributed by atoms with van der Waals surface area (Å²) >= 11 is 0. The van der Waals surface area contributed by atoms with Crippen LogP contribution in [0.15, 0.2) is 41.3 Å². The van der Waals surface area contributed by atoms with Gasteiger partial charge in [-0.3, -0.25) is 4.79 Å². The molecule has 6 nitrogen and oxygen atoms in total. The molecule has 3 rings (SSSR count). The summed E-state index contributed by atoms with van der Waals surface area (Å²) in [6, 6.07) is 9.47. The lowest BCUT2D eigenvalue weighted by Gasteiger charge is -2.33. The van der Waals surface area contributed by atoms with Gasteiger partial charge < -0.3 is 19.7 Å². The van der Waals surface area contributed by atoms with Crippen molar-refractivity contribution in [3.63, 3.8) is 0 Å². The second-order valence-corrected chi connectivity index (χ2v) is 5.63. The molecule has 1 fully saturated rings. The van der Waals surface area contributed by atoms with Crippen LogP contribution in [-0.4, -0.2) is 47.7 Å². The highest BCUT2D eigenvalue weighted by Crippen LogP contribution is 2.18. The summed E-state index contributed by atoms with van der Waals surface area (Å²) in [7, 11) is 3.87. The number of nitrogens with one attached hydrogen (secondary N) is 1. The third kappa shape index (κ3) is 3.12. The van der Waals surface area contributed by atoms with Gasteiger partial charge in [0.15, 0.2) is 0 Å². The fourth-order valence-electron chi connectivity index (χ4n) is 2.54. The van der Waals surface area contributed by atoms with Crippen molar-refractivity contribution in [2.24, 2.45) is 7.05 Å². The predicted molar refractivity (Wildman–Crippen MR) is 88.9 cm³/mol. The lowest BCUT2D eigenvalue weighted by molar-refractivity contribution is 0.312. The van der Waals surface area contributed by atoms with Gasteiger partial charge in [0.2, 0.25) is 0 Å². The third-order valence-corrected chi connectivity index (χ3v) is 3.95.